The van der Waals surface area contributed by atoms with Crippen LogP contribution in [0.4, 0.5) is 4.79 Å². The normalized spacial score (nSPS) is 16.2. The van der Waals surface area contributed by atoms with Crippen molar-refractivity contribution >= 4 is 57.6 Å². The number of rotatable bonds is 8. The second-order valence-electron chi connectivity index (χ2n) is 11.0. The van der Waals surface area contributed by atoms with Crippen LogP contribution in [0, 0.1) is 0 Å². The van der Waals surface area contributed by atoms with E-state index in [1.807, 2.05) is 50.5 Å². The number of nitrogens with two attached hydrogens (primary N) is 1. The van der Waals surface area contributed by atoms with Crippen molar-refractivity contribution in [2.75, 3.05) is 26.3 Å². The van der Waals surface area contributed by atoms with E-state index in [1.54, 1.807) is 35.5 Å². The molecule has 0 bridgehead atoms. The largest absolute Gasteiger partial charge is 0.489 e. The zero-order valence-electron chi connectivity index (χ0n) is 24.1. The fourth-order valence-corrected chi connectivity index (χ4v) is 6.03. The third-order valence-electron chi connectivity index (χ3n) is 6.61. The first-order valence-corrected chi connectivity index (χ1v) is 15.2. The number of hydrogen-bond acceptors (Lipinski definition) is 8. The highest BCUT2D eigenvalue weighted by atomic mass is 35.5. The van der Waals surface area contributed by atoms with Gasteiger partial charge in [0.1, 0.15) is 52.1 Å². The van der Waals surface area contributed by atoms with E-state index >= 15 is 0 Å². The molecule has 3 heterocycles. The number of imidazole rings is 1. The summed E-state index contributed by atoms with van der Waals surface area (Å²) >= 11 is 14.1. The third kappa shape index (κ3) is 7.18. The zero-order chi connectivity index (χ0) is 30.9. The molecule has 2 amide bonds. The summed E-state index contributed by atoms with van der Waals surface area (Å²) < 4.78 is 25.4. The molecule has 4 aromatic rings. The highest BCUT2D eigenvalue weighted by Crippen LogP contribution is 2.39. The average Bonchev–Trinajstić information content (AvgIpc) is 3.55. The minimum Gasteiger partial charge on any atom is -0.489 e. The molecule has 0 spiro atoms. The molecule has 1 fully saturated rings. The molecule has 1 aliphatic heterocycles. The fourth-order valence-electron chi connectivity index (χ4n) is 4.60. The van der Waals surface area contributed by atoms with Gasteiger partial charge in [0.05, 0.1) is 29.2 Å². The van der Waals surface area contributed by atoms with Crippen molar-refractivity contribution in [2.45, 2.75) is 45.5 Å². The standard InChI is InChI=1S/C30H32Cl2N4O6S/c1-17(41-24-13-25(43-27(24)28(33)37)36-16-34-21-12-18(31)8-9-22(21)36)20-6-5-7-23(26(20)32)40-15-19-14-35(10-11-39-19)29(38)42-30(2,3)4/h5-9,12-13,16-17,19H,10-11,14-15H2,1-4H3,(H2,33,37). The van der Waals surface area contributed by atoms with Gasteiger partial charge in [0.15, 0.2) is 0 Å². The number of carbonyl (C=O) groups excluding carboxylic acids is 2. The van der Waals surface area contributed by atoms with Gasteiger partial charge >= 0.3 is 6.09 Å². The lowest BCUT2D eigenvalue weighted by Gasteiger charge is -2.34. The highest BCUT2D eigenvalue weighted by molar-refractivity contribution is 7.16. The number of morpholine rings is 1. The van der Waals surface area contributed by atoms with Crippen molar-refractivity contribution < 1.29 is 28.5 Å². The highest BCUT2D eigenvalue weighted by Gasteiger charge is 2.29. The monoisotopic (exact) mass is 646 g/mol. The molecular weight excluding hydrogens is 615 g/mol. The Morgan fingerprint density at radius 1 is 1.19 bits per heavy atom. The van der Waals surface area contributed by atoms with Crippen LogP contribution in [0.3, 0.4) is 0 Å². The maximum atomic E-state index is 12.5. The van der Waals surface area contributed by atoms with Crippen molar-refractivity contribution in [2.24, 2.45) is 5.73 Å². The Labute approximate surface area is 263 Å². The maximum Gasteiger partial charge on any atom is 0.410 e. The summed E-state index contributed by atoms with van der Waals surface area (Å²) in [5.74, 6) is 0.162. The number of thiophene rings is 1. The smallest absolute Gasteiger partial charge is 0.410 e. The van der Waals surface area contributed by atoms with Crippen molar-refractivity contribution in [1.82, 2.24) is 14.5 Å². The molecule has 43 heavy (non-hydrogen) atoms. The number of carbonyl (C=O) groups is 2. The van der Waals surface area contributed by atoms with Crippen LogP contribution in [0.1, 0.15) is 49.0 Å². The molecule has 2 aromatic carbocycles. The summed E-state index contributed by atoms with van der Waals surface area (Å²) in [6.07, 6.45) is 0.366. The van der Waals surface area contributed by atoms with Gasteiger partial charge in [-0.2, -0.15) is 0 Å². The molecule has 2 N–H and O–H groups in total. The summed E-state index contributed by atoms with van der Waals surface area (Å²) in [4.78, 5) is 31.1. The summed E-state index contributed by atoms with van der Waals surface area (Å²) in [5.41, 5.74) is 7.33. The third-order valence-corrected chi connectivity index (χ3v) is 8.38. The second kappa shape index (κ2) is 12.6. The number of halogens is 2. The molecule has 2 atom stereocenters. The SMILES string of the molecule is CC(Oc1cc(-n2cnc3cc(Cl)ccc32)sc1C(N)=O)c1cccc(OCC2CN(C(=O)OC(C)(C)C)CCO2)c1Cl. The predicted octanol–water partition coefficient (Wildman–Crippen LogP) is 6.65. The van der Waals surface area contributed by atoms with E-state index in [1.165, 1.54) is 11.3 Å². The number of ether oxygens (including phenoxy) is 4. The summed E-state index contributed by atoms with van der Waals surface area (Å²) in [5, 5.41) is 1.65. The summed E-state index contributed by atoms with van der Waals surface area (Å²) in [7, 11) is 0. The first-order valence-electron chi connectivity index (χ1n) is 13.6. The lowest BCUT2D eigenvalue weighted by atomic mass is 10.1. The molecular formula is C30H32Cl2N4O6S. The van der Waals surface area contributed by atoms with Gasteiger partial charge in [-0.05, 0) is 52.0 Å². The zero-order valence-corrected chi connectivity index (χ0v) is 26.5. The molecule has 1 aliphatic rings. The molecule has 1 saturated heterocycles. The minimum atomic E-state index is -0.609. The number of fused-ring (bicyclic) bond motifs is 1. The van der Waals surface area contributed by atoms with Crippen LogP contribution >= 0.6 is 34.5 Å². The Morgan fingerprint density at radius 3 is 2.72 bits per heavy atom. The molecule has 0 aliphatic carbocycles. The minimum absolute atomic E-state index is 0.182. The Balaban J connectivity index is 1.29. The van der Waals surface area contributed by atoms with Crippen LogP contribution in [0.25, 0.3) is 16.0 Å². The number of primary amides is 1. The van der Waals surface area contributed by atoms with Crippen LogP contribution in [0.2, 0.25) is 10.0 Å². The Bertz CT molecular complexity index is 1650. The average molecular weight is 648 g/mol. The topological polar surface area (TPSA) is 118 Å². The summed E-state index contributed by atoms with van der Waals surface area (Å²) in [6, 6.07) is 12.5. The van der Waals surface area contributed by atoms with Gasteiger partial charge in [-0.15, -0.1) is 11.3 Å². The van der Waals surface area contributed by atoms with Gasteiger partial charge < -0.3 is 29.6 Å². The van der Waals surface area contributed by atoms with Gasteiger partial charge in [0, 0.05) is 23.2 Å². The molecule has 0 radical (unpaired) electrons. The summed E-state index contributed by atoms with van der Waals surface area (Å²) in [6.45, 7) is 8.65. The molecule has 2 unspecified atom stereocenters. The van der Waals surface area contributed by atoms with Gasteiger partial charge in [0.25, 0.3) is 5.91 Å². The van der Waals surface area contributed by atoms with E-state index < -0.39 is 17.6 Å². The second-order valence-corrected chi connectivity index (χ2v) is 12.9. The molecule has 0 saturated carbocycles. The van der Waals surface area contributed by atoms with E-state index in [0.717, 1.165) is 11.0 Å². The predicted molar refractivity (Wildman–Crippen MR) is 166 cm³/mol. The van der Waals surface area contributed by atoms with E-state index in [2.05, 4.69) is 4.98 Å². The molecule has 13 heteroatoms. The number of amides is 2. The van der Waals surface area contributed by atoms with E-state index in [-0.39, 0.29) is 23.7 Å². The first kappa shape index (κ1) is 30.9. The Hall–Kier alpha value is -3.51. The first-order chi connectivity index (χ1) is 20.4. The van der Waals surface area contributed by atoms with Crippen LogP contribution < -0.4 is 15.2 Å². The van der Waals surface area contributed by atoms with Gasteiger partial charge in [0.2, 0.25) is 0 Å². The fraction of sp³-hybridized carbons (Fsp3) is 0.367. The number of aromatic nitrogens is 2. The van der Waals surface area contributed by atoms with Crippen molar-refractivity contribution in [3.05, 3.63) is 69.3 Å². The lowest BCUT2D eigenvalue weighted by Crippen LogP contribution is -2.49. The van der Waals surface area contributed by atoms with Gasteiger partial charge in [-0.25, -0.2) is 9.78 Å². The molecule has 5 rings (SSSR count). The van der Waals surface area contributed by atoms with Crippen LogP contribution in [-0.4, -0.2) is 64.5 Å². The Morgan fingerprint density at radius 2 is 1.98 bits per heavy atom. The Kier molecular flexibility index (Phi) is 9.07. The lowest BCUT2D eigenvalue weighted by molar-refractivity contribution is -0.0557. The van der Waals surface area contributed by atoms with Crippen molar-refractivity contribution in [3.63, 3.8) is 0 Å². The van der Waals surface area contributed by atoms with E-state index in [4.69, 9.17) is 47.9 Å². The number of hydrogen-bond donors (Lipinski definition) is 1. The van der Waals surface area contributed by atoms with Crippen LogP contribution in [0.5, 0.6) is 11.5 Å². The number of nitrogens with zero attached hydrogens (tertiary/aromatic N) is 3. The van der Waals surface area contributed by atoms with Gasteiger partial charge in [-0.1, -0.05) is 35.3 Å². The van der Waals surface area contributed by atoms with Crippen LogP contribution in [-0.2, 0) is 9.47 Å². The van der Waals surface area contributed by atoms with E-state index in [0.29, 0.717) is 51.8 Å². The van der Waals surface area contributed by atoms with Crippen LogP contribution in [0.15, 0.2) is 48.8 Å². The van der Waals surface area contributed by atoms with E-state index in [9.17, 15) is 9.59 Å². The van der Waals surface area contributed by atoms with Crippen molar-refractivity contribution in [3.8, 4) is 16.5 Å². The van der Waals surface area contributed by atoms with Gasteiger partial charge in [-0.3, -0.25) is 9.36 Å². The molecule has 228 valence electrons. The molecule has 2 aromatic heterocycles. The van der Waals surface area contributed by atoms with Crippen molar-refractivity contribution in [1.29, 1.82) is 0 Å². The quantitative estimate of drug-likeness (QED) is 0.228. The number of benzene rings is 2. The molecule has 10 nitrogen and oxygen atoms in total. The maximum absolute atomic E-state index is 12.5.